The minimum absolute atomic E-state index is 0.658. The monoisotopic (exact) mass is 353 g/mol. The molecule has 0 N–H and O–H groups in total. The quantitative estimate of drug-likeness (QED) is 0.392. The van der Waals surface area contributed by atoms with Crippen LogP contribution in [0.25, 0.3) is 0 Å². The molecule has 0 aliphatic heterocycles. The van der Waals surface area contributed by atoms with Gasteiger partial charge in [0.15, 0.2) is 0 Å². The average Bonchev–Trinajstić information content (AvgIpc) is 2.67. The number of rotatable bonds is 6. The van der Waals surface area contributed by atoms with Gasteiger partial charge in [-0.15, -0.1) is 11.6 Å². The summed E-state index contributed by atoms with van der Waals surface area (Å²) >= 11 is 6.06. The Labute approximate surface area is 149 Å². The van der Waals surface area contributed by atoms with Crippen molar-refractivity contribution in [2.75, 3.05) is 12.0 Å². The molecule has 3 heteroatoms. The Bertz CT molecular complexity index is 758. The van der Waals surface area contributed by atoms with Crippen molar-refractivity contribution < 1.29 is 0 Å². The highest BCUT2D eigenvalue weighted by Crippen LogP contribution is 2.50. The van der Waals surface area contributed by atoms with Gasteiger partial charge in [-0.05, 0) is 35.3 Å². The van der Waals surface area contributed by atoms with Crippen LogP contribution in [0.1, 0.15) is 6.42 Å². The second-order valence-corrected chi connectivity index (χ2v) is 9.24. The zero-order valence-corrected chi connectivity index (χ0v) is 15.2. The van der Waals surface area contributed by atoms with Crippen LogP contribution in [-0.2, 0) is 0 Å². The van der Waals surface area contributed by atoms with Crippen LogP contribution < -0.4 is 10.6 Å². The molecule has 0 saturated heterocycles. The Morgan fingerprint density at radius 3 is 1.58 bits per heavy atom. The molecule has 0 aromatic heterocycles. The lowest BCUT2D eigenvalue weighted by atomic mass is 10.3. The summed E-state index contributed by atoms with van der Waals surface area (Å²) in [7, 11) is -1.90. The van der Waals surface area contributed by atoms with Crippen molar-refractivity contribution in [2.45, 2.75) is 6.42 Å². The van der Waals surface area contributed by atoms with Crippen LogP contribution in [0.3, 0.4) is 0 Å². The molecular formula is C21H21ClNP. The molecule has 3 rings (SSSR count). The minimum Gasteiger partial charge on any atom is -0.258 e. The molecule has 122 valence electrons. The van der Waals surface area contributed by atoms with Gasteiger partial charge in [-0.25, -0.2) is 0 Å². The zero-order valence-electron chi connectivity index (χ0n) is 13.6. The molecule has 24 heavy (non-hydrogen) atoms. The number of hydrogen-bond acceptors (Lipinski definition) is 1. The molecule has 0 radical (unpaired) electrons. The lowest BCUT2D eigenvalue weighted by Crippen LogP contribution is -2.19. The topological polar surface area (TPSA) is 12.4 Å². The van der Waals surface area contributed by atoms with E-state index >= 15 is 0 Å². The van der Waals surface area contributed by atoms with Gasteiger partial charge in [-0.3, -0.25) is 4.74 Å². The lowest BCUT2D eigenvalue weighted by Gasteiger charge is -2.26. The van der Waals surface area contributed by atoms with Crippen molar-refractivity contribution in [2.24, 2.45) is 4.74 Å². The van der Waals surface area contributed by atoms with Gasteiger partial charge >= 0.3 is 0 Å². The number of alkyl halides is 1. The number of halogens is 1. The van der Waals surface area contributed by atoms with Gasteiger partial charge in [0.05, 0.1) is 5.69 Å². The van der Waals surface area contributed by atoms with Crippen LogP contribution in [0, 0.1) is 0 Å². The lowest BCUT2D eigenvalue weighted by molar-refractivity contribution is 1.10. The van der Waals surface area contributed by atoms with Crippen molar-refractivity contribution in [3.63, 3.8) is 0 Å². The van der Waals surface area contributed by atoms with Gasteiger partial charge in [-0.1, -0.05) is 78.9 Å². The maximum Gasteiger partial charge on any atom is 0.0621 e. The molecule has 1 nitrogen and oxygen atoms in total. The largest absolute Gasteiger partial charge is 0.258 e. The van der Waals surface area contributed by atoms with Gasteiger partial charge < -0.3 is 0 Å². The fourth-order valence-electron chi connectivity index (χ4n) is 2.90. The molecular weight excluding hydrogens is 333 g/mol. The maximum absolute atomic E-state index is 6.06. The van der Waals surface area contributed by atoms with E-state index in [1.54, 1.807) is 0 Å². The Hall–Kier alpha value is -1.82. The highest BCUT2D eigenvalue weighted by atomic mass is 35.5. The van der Waals surface area contributed by atoms with E-state index in [0.29, 0.717) is 5.88 Å². The summed E-state index contributed by atoms with van der Waals surface area (Å²) in [6.45, 7) is 0. The molecule has 0 fully saturated rings. The fraction of sp³-hybridized carbons (Fsp3) is 0.143. The van der Waals surface area contributed by atoms with Crippen molar-refractivity contribution in [3.8, 4) is 0 Å². The van der Waals surface area contributed by atoms with E-state index in [-0.39, 0.29) is 0 Å². The van der Waals surface area contributed by atoms with Crippen LogP contribution in [0.2, 0.25) is 0 Å². The van der Waals surface area contributed by atoms with E-state index in [1.807, 2.05) is 18.2 Å². The summed E-state index contributed by atoms with van der Waals surface area (Å²) in [6, 6.07) is 31.7. The first kappa shape index (κ1) is 17.0. The third-order valence-corrected chi connectivity index (χ3v) is 8.13. The fourth-order valence-corrected chi connectivity index (χ4v) is 6.84. The Morgan fingerprint density at radius 2 is 1.12 bits per heavy atom. The second kappa shape index (κ2) is 8.33. The van der Waals surface area contributed by atoms with Crippen molar-refractivity contribution >= 4 is 35.0 Å². The minimum atomic E-state index is -1.90. The standard InChI is InChI=1S/C21H21ClNP/c22-17-10-18-24(20-13-6-2-7-14-20,21-15-8-3-9-16-21)23-19-11-4-1-5-12-19/h1-9,11-16H,10,17-18H2. The SMILES string of the molecule is ClCCCP(=Nc1ccccc1)(c1ccccc1)c1ccccc1. The Balaban J connectivity index is 2.27. The van der Waals surface area contributed by atoms with E-state index in [9.17, 15) is 0 Å². The van der Waals surface area contributed by atoms with Crippen molar-refractivity contribution in [1.29, 1.82) is 0 Å². The van der Waals surface area contributed by atoms with Crippen LogP contribution in [0.15, 0.2) is 95.7 Å². The third kappa shape index (κ3) is 3.80. The molecule has 0 atom stereocenters. The normalized spacial score (nSPS) is 11.2. The third-order valence-electron chi connectivity index (χ3n) is 4.02. The molecule has 0 aliphatic rings. The number of nitrogens with zero attached hydrogens (tertiary/aromatic N) is 1. The zero-order chi connectivity index (χ0) is 16.7. The van der Waals surface area contributed by atoms with Crippen molar-refractivity contribution in [3.05, 3.63) is 91.0 Å². The molecule has 0 saturated carbocycles. The number of hydrogen-bond donors (Lipinski definition) is 0. The molecule has 0 bridgehead atoms. The predicted molar refractivity (Wildman–Crippen MR) is 108 cm³/mol. The van der Waals surface area contributed by atoms with Crippen LogP contribution in [0.5, 0.6) is 0 Å². The molecule has 3 aromatic rings. The van der Waals surface area contributed by atoms with Gasteiger partial charge in [0, 0.05) is 12.9 Å². The Kier molecular flexibility index (Phi) is 5.91. The number of benzene rings is 3. The molecule has 0 heterocycles. The first-order chi connectivity index (χ1) is 11.8. The van der Waals surface area contributed by atoms with Gasteiger partial charge in [0.1, 0.15) is 0 Å². The van der Waals surface area contributed by atoms with E-state index < -0.39 is 7.05 Å². The first-order valence-corrected chi connectivity index (χ1v) is 10.6. The molecule has 0 spiro atoms. The van der Waals surface area contributed by atoms with Gasteiger partial charge in [-0.2, -0.15) is 0 Å². The molecule has 0 aliphatic carbocycles. The summed E-state index contributed by atoms with van der Waals surface area (Å²) in [6.07, 6.45) is 1.94. The first-order valence-electron chi connectivity index (χ1n) is 8.19. The predicted octanol–water partition coefficient (Wildman–Crippen LogP) is 5.80. The summed E-state index contributed by atoms with van der Waals surface area (Å²) in [4.78, 5) is 0. The smallest absolute Gasteiger partial charge is 0.0621 e. The van der Waals surface area contributed by atoms with E-state index in [4.69, 9.17) is 16.3 Å². The summed E-state index contributed by atoms with van der Waals surface area (Å²) < 4.78 is 5.32. The highest BCUT2D eigenvalue weighted by molar-refractivity contribution is 7.81. The van der Waals surface area contributed by atoms with E-state index in [1.165, 1.54) is 10.6 Å². The Morgan fingerprint density at radius 1 is 0.667 bits per heavy atom. The van der Waals surface area contributed by atoms with Crippen LogP contribution in [0.4, 0.5) is 5.69 Å². The summed E-state index contributed by atoms with van der Waals surface area (Å²) in [5.74, 6) is 0.658. The average molecular weight is 354 g/mol. The second-order valence-electron chi connectivity index (χ2n) is 5.64. The molecule has 0 unspecified atom stereocenters. The van der Waals surface area contributed by atoms with Gasteiger partial charge in [0.25, 0.3) is 0 Å². The van der Waals surface area contributed by atoms with Gasteiger partial charge in [0.2, 0.25) is 0 Å². The molecule has 3 aromatic carbocycles. The van der Waals surface area contributed by atoms with Crippen LogP contribution >= 0.6 is 18.7 Å². The van der Waals surface area contributed by atoms with Crippen LogP contribution in [-0.4, -0.2) is 12.0 Å². The molecule has 0 amide bonds. The van der Waals surface area contributed by atoms with E-state index in [0.717, 1.165) is 18.3 Å². The summed E-state index contributed by atoms with van der Waals surface area (Å²) in [5, 5.41) is 2.62. The van der Waals surface area contributed by atoms with E-state index in [2.05, 4.69) is 72.8 Å². The maximum atomic E-state index is 6.06. The van der Waals surface area contributed by atoms with Crippen molar-refractivity contribution in [1.82, 2.24) is 0 Å². The summed E-state index contributed by atoms with van der Waals surface area (Å²) in [5.41, 5.74) is 1.04. The highest BCUT2D eigenvalue weighted by Gasteiger charge is 2.24.